The Bertz CT molecular complexity index is 457. The first-order valence-electron chi connectivity index (χ1n) is 6.36. The van der Waals surface area contributed by atoms with Crippen molar-refractivity contribution in [2.45, 2.75) is 38.8 Å². The second-order valence-corrected chi connectivity index (χ2v) is 5.15. The summed E-state index contributed by atoms with van der Waals surface area (Å²) in [5, 5.41) is 8.82. The van der Waals surface area contributed by atoms with Gasteiger partial charge in [0.2, 0.25) is 0 Å². The number of nitrogens with zero attached hydrogens (tertiary/aromatic N) is 1. The van der Waals surface area contributed by atoms with E-state index >= 15 is 0 Å². The van der Waals surface area contributed by atoms with Gasteiger partial charge in [-0.2, -0.15) is 0 Å². The maximum atomic E-state index is 10.7. The van der Waals surface area contributed by atoms with Gasteiger partial charge in [-0.25, -0.2) is 0 Å². The maximum Gasteiger partial charge on any atom is 0.320 e. The van der Waals surface area contributed by atoms with Gasteiger partial charge in [0.1, 0.15) is 6.04 Å². The number of fused-ring (bicyclic) bond motifs is 1. The minimum absolute atomic E-state index is 0.393. The van der Waals surface area contributed by atoms with E-state index in [4.69, 9.17) is 10.8 Å². The molecule has 98 valence electrons. The molecule has 3 N–H and O–H groups in total. The predicted molar refractivity (Wildman–Crippen MR) is 71.9 cm³/mol. The van der Waals surface area contributed by atoms with Crippen LogP contribution in [0.3, 0.4) is 0 Å². The lowest BCUT2D eigenvalue weighted by molar-refractivity contribution is -0.138. The summed E-state index contributed by atoms with van der Waals surface area (Å²) in [5.74, 6) is -0.945. The zero-order chi connectivity index (χ0) is 13.3. The molecule has 1 unspecified atom stereocenters. The van der Waals surface area contributed by atoms with Crippen molar-refractivity contribution in [3.05, 3.63) is 29.3 Å². The van der Waals surface area contributed by atoms with E-state index in [0.717, 1.165) is 18.5 Å². The van der Waals surface area contributed by atoms with Crippen LogP contribution in [0.4, 0.5) is 5.69 Å². The molecule has 1 atom stereocenters. The van der Waals surface area contributed by atoms with Crippen LogP contribution in [-0.2, 0) is 17.6 Å². The van der Waals surface area contributed by atoms with Gasteiger partial charge in [-0.05, 0) is 43.9 Å². The predicted octanol–water partition coefficient (Wildman–Crippen LogP) is 1.41. The molecule has 1 aliphatic heterocycles. The first kappa shape index (κ1) is 12.9. The Morgan fingerprint density at radius 3 is 2.83 bits per heavy atom. The number of anilines is 1. The minimum Gasteiger partial charge on any atom is -0.480 e. The van der Waals surface area contributed by atoms with Crippen molar-refractivity contribution < 1.29 is 9.90 Å². The SMILES string of the molecule is CC(C)N1CCc2cc(CC(N)C(=O)O)ccc21. The molecule has 0 fully saturated rings. The monoisotopic (exact) mass is 248 g/mol. The first-order valence-corrected chi connectivity index (χ1v) is 6.36. The number of benzene rings is 1. The number of carboxylic acids is 1. The van der Waals surface area contributed by atoms with Crippen LogP contribution in [0.25, 0.3) is 0 Å². The molecule has 1 aliphatic rings. The number of carbonyl (C=O) groups is 1. The number of hydrogen-bond acceptors (Lipinski definition) is 3. The van der Waals surface area contributed by atoms with E-state index in [1.54, 1.807) is 0 Å². The molecule has 4 nitrogen and oxygen atoms in total. The molecule has 0 radical (unpaired) electrons. The van der Waals surface area contributed by atoms with Gasteiger partial charge in [-0.1, -0.05) is 12.1 Å². The van der Waals surface area contributed by atoms with Gasteiger partial charge in [0.25, 0.3) is 0 Å². The van der Waals surface area contributed by atoms with Crippen LogP contribution in [0, 0.1) is 0 Å². The second-order valence-electron chi connectivity index (χ2n) is 5.15. The van der Waals surface area contributed by atoms with Crippen LogP contribution in [0.2, 0.25) is 0 Å². The van der Waals surface area contributed by atoms with Crippen LogP contribution in [0.15, 0.2) is 18.2 Å². The zero-order valence-electron chi connectivity index (χ0n) is 10.9. The average molecular weight is 248 g/mol. The summed E-state index contributed by atoms with van der Waals surface area (Å²) in [7, 11) is 0. The Morgan fingerprint density at radius 1 is 1.50 bits per heavy atom. The van der Waals surface area contributed by atoms with E-state index in [9.17, 15) is 4.79 Å². The molecule has 18 heavy (non-hydrogen) atoms. The van der Waals surface area contributed by atoms with Gasteiger partial charge in [0, 0.05) is 18.3 Å². The van der Waals surface area contributed by atoms with E-state index in [2.05, 4.69) is 30.9 Å². The fourth-order valence-electron chi connectivity index (χ4n) is 2.49. The van der Waals surface area contributed by atoms with Crippen LogP contribution in [0.5, 0.6) is 0 Å². The lowest BCUT2D eigenvalue weighted by Gasteiger charge is -2.24. The highest BCUT2D eigenvalue weighted by Gasteiger charge is 2.22. The van der Waals surface area contributed by atoms with E-state index < -0.39 is 12.0 Å². The van der Waals surface area contributed by atoms with E-state index in [0.29, 0.717) is 12.5 Å². The molecule has 1 aromatic carbocycles. The highest BCUT2D eigenvalue weighted by molar-refractivity contribution is 5.73. The van der Waals surface area contributed by atoms with Gasteiger partial charge in [0.05, 0.1) is 0 Å². The van der Waals surface area contributed by atoms with Gasteiger partial charge in [-0.3, -0.25) is 4.79 Å². The normalized spacial score (nSPS) is 15.9. The third-order valence-electron chi connectivity index (χ3n) is 3.47. The van der Waals surface area contributed by atoms with E-state index in [1.165, 1.54) is 11.3 Å². The molecule has 0 bridgehead atoms. The highest BCUT2D eigenvalue weighted by atomic mass is 16.4. The number of aliphatic carboxylic acids is 1. The quantitative estimate of drug-likeness (QED) is 0.845. The number of carboxylic acid groups (broad SMARTS) is 1. The highest BCUT2D eigenvalue weighted by Crippen LogP contribution is 2.30. The molecule has 4 heteroatoms. The van der Waals surface area contributed by atoms with Gasteiger partial charge in [-0.15, -0.1) is 0 Å². The Labute approximate surface area is 107 Å². The Hall–Kier alpha value is -1.55. The fourth-order valence-corrected chi connectivity index (χ4v) is 2.49. The number of hydrogen-bond donors (Lipinski definition) is 2. The van der Waals surface area contributed by atoms with E-state index in [1.807, 2.05) is 6.07 Å². The van der Waals surface area contributed by atoms with Gasteiger partial charge in [0.15, 0.2) is 0 Å². The minimum atomic E-state index is -0.945. The molecular formula is C14H20N2O2. The van der Waals surface area contributed by atoms with Crippen molar-refractivity contribution >= 4 is 11.7 Å². The molecule has 0 saturated carbocycles. The third-order valence-corrected chi connectivity index (χ3v) is 3.47. The average Bonchev–Trinajstić information content (AvgIpc) is 2.71. The lowest BCUT2D eigenvalue weighted by Crippen LogP contribution is -2.32. The summed E-state index contributed by atoms with van der Waals surface area (Å²) in [6, 6.07) is 5.86. The smallest absolute Gasteiger partial charge is 0.320 e. The van der Waals surface area contributed by atoms with Crippen molar-refractivity contribution in [3.63, 3.8) is 0 Å². The lowest BCUT2D eigenvalue weighted by atomic mass is 10.0. The maximum absolute atomic E-state index is 10.7. The largest absolute Gasteiger partial charge is 0.480 e. The molecule has 0 spiro atoms. The topological polar surface area (TPSA) is 66.6 Å². The summed E-state index contributed by atoms with van der Waals surface area (Å²) < 4.78 is 0. The number of nitrogens with two attached hydrogens (primary N) is 1. The number of rotatable bonds is 4. The molecule has 0 aromatic heterocycles. The molecular weight excluding hydrogens is 228 g/mol. The van der Waals surface area contributed by atoms with Crippen LogP contribution < -0.4 is 10.6 Å². The summed E-state index contributed by atoms with van der Waals surface area (Å²) in [5.41, 5.74) is 9.15. The van der Waals surface area contributed by atoms with Crippen molar-refractivity contribution in [2.24, 2.45) is 5.73 Å². The van der Waals surface area contributed by atoms with Gasteiger partial charge < -0.3 is 15.7 Å². The Balaban J connectivity index is 2.17. The van der Waals surface area contributed by atoms with Crippen molar-refractivity contribution in [1.82, 2.24) is 0 Å². The fraction of sp³-hybridized carbons (Fsp3) is 0.500. The van der Waals surface area contributed by atoms with Crippen LogP contribution in [-0.4, -0.2) is 29.7 Å². The second kappa shape index (κ2) is 4.98. The zero-order valence-corrected chi connectivity index (χ0v) is 10.9. The van der Waals surface area contributed by atoms with Crippen molar-refractivity contribution in [2.75, 3.05) is 11.4 Å². The molecule has 1 aromatic rings. The standard InChI is InChI=1S/C14H20N2O2/c1-9(2)16-6-5-11-7-10(3-4-13(11)16)8-12(15)14(17)18/h3-4,7,9,12H,5-6,8,15H2,1-2H3,(H,17,18). The van der Waals surface area contributed by atoms with Crippen LogP contribution in [0.1, 0.15) is 25.0 Å². The van der Waals surface area contributed by atoms with Gasteiger partial charge >= 0.3 is 5.97 Å². The molecule has 2 rings (SSSR count). The Morgan fingerprint density at radius 2 is 2.22 bits per heavy atom. The van der Waals surface area contributed by atoms with E-state index in [-0.39, 0.29) is 0 Å². The molecule has 0 amide bonds. The Kier molecular flexibility index (Phi) is 3.57. The molecule has 0 aliphatic carbocycles. The summed E-state index contributed by atoms with van der Waals surface area (Å²) in [6.07, 6.45) is 1.42. The summed E-state index contributed by atoms with van der Waals surface area (Å²) in [6.45, 7) is 5.41. The summed E-state index contributed by atoms with van der Waals surface area (Å²) in [4.78, 5) is 13.1. The first-order chi connectivity index (χ1) is 8.49. The summed E-state index contributed by atoms with van der Waals surface area (Å²) >= 11 is 0. The van der Waals surface area contributed by atoms with Crippen molar-refractivity contribution in [3.8, 4) is 0 Å². The van der Waals surface area contributed by atoms with Crippen molar-refractivity contribution in [1.29, 1.82) is 0 Å². The van der Waals surface area contributed by atoms with Crippen LogP contribution >= 0.6 is 0 Å². The third kappa shape index (κ3) is 2.48. The molecule has 1 heterocycles. The molecule has 0 saturated heterocycles.